The highest BCUT2D eigenvalue weighted by Gasteiger charge is 2.27. The van der Waals surface area contributed by atoms with Gasteiger partial charge >= 0.3 is 0 Å². The molecule has 1 aliphatic rings. The van der Waals surface area contributed by atoms with E-state index in [9.17, 15) is 5.11 Å². The summed E-state index contributed by atoms with van der Waals surface area (Å²) in [5.74, 6) is 0. The molecule has 18 heavy (non-hydrogen) atoms. The highest BCUT2D eigenvalue weighted by Crippen LogP contribution is 2.24. The number of nitrogens with zero attached hydrogens (tertiary/aromatic N) is 1. The molecule has 2 rings (SSSR count). The topological polar surface area (TPSA) is 32.7 Å². The molecule has 1 aromatic rings. The minimum Gasteiger partial charge on any atom is -0.387 e. The average Bonchev–Trinajstić information content (AvgIpc) is 2.46. The monoisotopic (exact) mass is 249 g/mol. The third-order valence-corrected chi connectivity index (χ3v) is 3.92. The van der Waals surface area contributed by atoms with Crippen molar-refractivity contribution in [2.75, 3.05) is 20.2 Å². The van der Waals surface area contributed by atoms with E-state index in [0.29, 0.717) is 6.10 Å². The second kappa shape index (κ2) is 6.32. The summed E-state index contributed by atoms with van der Waals surface area (Å²) < 4.78 is 5.43. The molecule has 0 aliphatic carbocycles. The number of rotatable bonds is 4. The van der Waals surface area contributed by atoms with Crippen LogP contribution in [0.1, 0.15) is 31.4 Å². The van der Waals surface area contributed by atoms with Crippen LogP contribution in [0.4, 0.5) is 0 Å². The van der Waals surface area contributed by atoms with Gasteiger partial charge in [-0.1, -0.05) is 30.3 Å². The molecule has 0 radical (unpaired) electrons. The van der Waals surface area contributed by atoms with Crippen LogP contribution in [-0.4, -0.2) is 42.4 Å². The molecule has 0 aromatic heterocycles. The number of ether oxygens (including phenoxy) is 1. The fourth-order valence-electron chi connectivity index (χ4n) is 2.66. The molecular weight excluding hydrogens is 226 g/mol. The van der Waals surface area contributed by atoms with Gasteiger partial charge in [-0.15, -0.1) is 0 Å². The molecule has 0 amide bonds. The van der Waals surface area contributed by atoms with Crippen LogP contribution >= 0.6 is 0 Å². The van der Waals surface area contributed by atoms with Crippen LogP contribution in [0.5, 0.6) is 0 Å². The summed E-state index contributed by atoms with van der Waals surface area (Å²) in [6.45, 7) is 4.06. The predicted octanol–water partition coefficient (Wildman–Crippen LogP) is 2.22. The van der Waals surface area contributed by atoms with Crippen molar-refractivity contribution < 1.29 is 9.84 Å². The van der Waals surface area contributed by atoms with Crippen molar-refractivity contribution >= 4 is 0 Å². The molecule has 1 aliphatic heterocycles. The second-order valence-electron chi connectivity index (χ2n) is 5.09. The van der Waals surface area contributed by atoms with Gasteiger partial charge in [0.1, 0.15) is 0 Å². The Balaban J connectivity index is 2.00. The van der Waals surface area contributed by atoms with Crippen LogP contribution in [-0.2, 0) is 4.74 Å². The zero-order valence-electron chi connectivity index (χ0n) is 11.2. The largest absolute Gasteiger partial charge is 0.387 e. The molecule has 1 aromatic carbocycles. The van der Waals surface area contributed by atoms with Crippen LogP contribution in [0.3, 0.4) is 0 Å². The Hall–Kier alpha value is -0.900. The first-order chi connectivity index (χ1) is 8.72. The molecule has 1 N–H and O–H groups in total. The summed E-state index contributed by atoms with van der Waals surface area (Å²) in [5.41, 5.74) is 0.990. The number of likely N-dealkylation sites (tertiary alicyclic amines) is 1. The fourth-order valence-corrected chi connectivity index (χ4v) is 2.66. The van der Waals surface area contributed by atoms with Crippen LogP contribution < -0.4 is 0 Å². The Kier molecular flexibility index (Phi) is 4.75. The highest BCUT2D eigenvalue weighted by atomic mass is 16.5. The zero-order valence-corrected chi connectivity index (χ0v) is 11.2. The van der Waals surface area contributed by atoms with Gasteiger partial charge in [0.05, 0.1) is 12.2 Å². The van der Waals surface area contributed by atoms with Gasteiger partial charge in [0, 0.05) is 19.7 Å². The maximum Gasteiger partial charge on any atom is 0.0942 e. The maximum atomic E-state index is 10.4. The van der Waals surface area contributed by atoms with E-state index in [4.69, 9.17) is 4.74 Å². The summed E-state index contributed by atoms with van der Waals surface area (Å²) in [5, 5.41) is 10.4. The maximum absolute atomic E-state index is 10.4. The van der Waals surface area contributed by atoms with Crippen molar-refractivity contribution in [3.8, 4) is 0 Å². The smallest absolute Gasteiger partial charge is 0.0942 e. The Bertz CT molecular complexity index is 355. The fraction of sp³-hybridized carbons (Fsp3) is 0.600. The minimum atomic E-state index is -0.429. The van der Waals surface area contributed by atoms with Crippen molar-refractivity contribution in [1.82, 2.24) is 4.90 Å². The first-order valence-electron chi connectivity index (χ1n) is 6.72. The number of methoxy groups -OCH3 is 1. The number of aliphatic hydroxyl groups excluding tert-OH is 1. The summed E-state index contributed by atoms with van der Waals surface area (Å²) in [7, 11) is 1.77. The first kappa shape index (κ1) is 13.5. The highest BCUT2D eigenvalue weighted by molar-refractivity contribution is 5.18. The lowest BCUT2D eigenvalue weighted by Crippen LogP contribution is -2.46. The molecule has 1 fully saturated rings. The van der Waals surface area contributed by atoms with E-state index in [2.05, 4.69) is 11.8 Å². The van der Waals surface area contributed by atoms with E-state index < -0.39 is 6.10 Å². The molecule has 3 heteroatoms. The van der Waals surface area contributed by atoms with E-state index >= 15 is 0 Å². The number of hydrogen-bond acceptors (Lipinski definition) is 3. The molecule has 3 unspecified atom stereocenters. The summed E-state index contributed by atoms with van der Waals surface area (Å²) >= 11 is 0. The molecule has 0 bridgehead atoms. The molecule has 0 saturated carbocycles. The van der Waals surface area contributed by atoms with E-state index in [1.54, 1.807) is 7.11 Å². The number of piperidine rings is 1. The lowest BCUT2D eigenvalue weighted by molar-refractivity contribution is -0.0147. The van der Waals surface area contributed by atoms with Crippen LogP contribution in [0.2, 0.25) is 0 Å². The SMILES string of the molecule is COC1CCCN(C(C)C(O)c2ccccc2)C1. The van der Waals surface area contributed by atoms with Gasteiger partial charge in [0.15, 0.2) is 0 Å². The Morgan fingerprint density at radius 3 is 2.72 bits per heavy atom. The number of hydrogen-bond donors (Lipinski definition) is 1. The van der Waals surface area contributed by atoms with Crippen LogP contribution in [0.25, 0.3) is 0 Å². The average molecular weight is 249 g/mol. The predicted molar refractivity (Wildman–Crippen MR) is 72.5 cm³/mol. The Morgan fingerprint density at radius 1 is 1.33 bits per heavy atom. The molecule has 1 saturated heterocycles. The Morgan fingerprint density at radius 2 is 2.06 bits per heavy atom. The third-order valence-electron chi connectivity index (χ3n) is 3.92. The van der Waals surface area contributed by atoms with Gasteiger partial charge in [0.25, 0.3) is 0 Å². The standard InChI is InChI=1S/C15H23NO2/c1-12(15(17)13-7-4-3-5-8-13)16-10-6-9-14(11-16)18-2/h3-5,7-8,12,14-15,17H,6,9-11H2,1-2H3. The summed E-state index contributed by atoms with van der Waals surface area (Å²) in [4.78, 5) is 2.33. The molecule has 3 atom stereocenters. The molecule has 3 nitrogen and oxygen atoms in total. The van der Waals surface area contributed by atoms with Crippen LogP contribution in [0, 0.1) is 0 Å². The van der Waals surface area contributed by atoms with Crippen molar-refractivity contribution in [2.45, 2.75) is 38.0 Å². The minimum absolute atomic E-state index is 0.130. The van der Waals surface area contributed by atoms with Crippen LogP contribution in [0.15, 0.2) is 30.3 Å². The van der Waals surface area contributed by atoms with E-state index in [-0.39, 0.29) is 6.04 Å². The normalized spacial score (nSPS) is 24.7. The lowest BCUT2D eigenvalue weighted by atomic mass is 9.99. The first-order valence-corrected chi connectivity index (χ1v) is 6.72. The van der Waals surface area contributed by atoms with E-state index in [0.717, 1.165) is 31.5 Å². The summed E-state index contributed by atoms with van der Waals surface area (Å²) in [6.07, 6.45) is 2.15. The molecule has 100 valence electrons. The summed E-state index contributed by atoms with van der Waals surface area (Å²) in [6, 6.07) is 10.0. The second-order valence-corrected chi connectivity index (χ2v) is 5.09. The van der Waals surface area contributed by atoms with Gasteiger partial charge in [0.2, 0.25) is 0 Å². The van der Waals surface area contributed by atoms with Gasteiger partial charge in [-0.05, 0) is 31.9 Å². The van der Waals surface area contributed by atoms with Crippen molar-refractivity contribution in [3.05, 3.63) is 35.9 Å². The van der Waals surface area contributed by atoms with Crippen molar-refractivity contribution in [2.24, 2.45) is 0 Å². The number of benzene rings is 1. The third kappa shape index (κ3) is 3.10. The van der Waals surface area contributed by atoms with E-state index in [1.165, 1.54) is 0 Å². The molecule has 1 heterocycles. The zero-order chi connectivity index (χ0) is 13.0. The molecular formula is C15H23NO2. The Labute approximate surface area is 109 Å². The quantitative estimate of drug-likeness (QED) is 0.888. The van der Waals surface area contributed by atoms with Crippen molar-refractivity contribution in [3.63, 3.8) is 0 Å². The van der Waals surface area contributed by atoms with E-state index in [1.807, 2.05) is 30.3 Å². The lowest BCUT2D eigenvalue weighted by Gasteiger charge is -2.38. The number of aliphatic hydroxyl groups is 1. The van der Waals surface area contributed by atoms with Gasteiger partial charge in [-0.3, -0.25) is 4.90 Å². The van der Waals surface area contributed by atoms with Gasteiger partial charge in [-0.25, -0.2) is 0 Å². The molecule has 0 spiro atoms. The van der Waals surface area contributed by atoms with Crippen molar-refractivity contribution in [1.29, 1.82) is 0 Å². The van der Waals surface area contributed by atoms with Gasteiger partial charge in [-0.2, -0.15) is 0 Å². The van der Waals surface area contributed by atoms with Gasteiger partial charge < -0.3 is 9.84 Å².